The van der Waals surface area contributed by atoms with Gasteiger partial charge in [-0.25, -0.2) is 0 Å². The molecule has 0 saturated carbocycles. The molecule has 2 N–H and O–H groups in total. The largest absolute Gasteiger partial charge is 0.369 e. The van der Waals surface area contributed by atoms with Gasteiger partial charge in [0.1, 0.15) is 0 Å². The molecule has 1 aromatic heterocycles. The highest BCUT2D eigenvalue weighted by Gasteiger charge is 2.29. The Bertz CT molecular complexity index is 1160. The van der Waals surface area contributed by atoms with Gasteiger partial charge in [-0.1, -0.05) is 67.5 Å². The molecule has 7 nitrogen and oxygen atoms in total. The summed E-state index contributed by atoms with van der Waals surface area (Å²) >= 11 is 0. The number of piperidine rings is 1. The smallest absolute Gasteiger partial charge is 0.253 e. The molecule has 0 aliphatic carbocycles. The zero-order valence-corrected chi connectivity index (χ0v) is 18.2. The molecule has 2 heterocycles. The standard InChI is InChI=1S/C25H26N4O3/c1-25(2,19-12-8-11-18(15-19)23(31)17-9-4-3-5-10-17)20-16-21(32-28-20)27-24(26)29-14-7-6-13-22(29)30/h3-5,8-12,15-16H,6-7,13-14H2,1-2H3,(H2,26,27). The fraction of sp³-hybridized carbons (Fsp3) is 0.280. The van der Waals surface area contributed by atoms with Crippen molar-refractivity contribution in [2.45, 2.75) is 38.5 Å². The van der Waals surface area contributed by atoms with Gasteiger partial charge in [0.15, 0.2) is 5.78 Å². The molecule has 3 aromatic rings. The molecule has 1 saturated heterocycles. The molecule has 1 aliphatic rings. The Morgan fingerprint density at radius 3 is 2.56 bits per heavy atom. The van der Waals surface area contributed by atoms with Crippen LogP contribution in [-0.2, 0) is 10.2 Å². The Morgan fingerprint density at radius 1 is 1.06 bits per heavy atom. The second-order valence-electron chi connectivity index (χ2n) is 8.42. The number of carbonyl (C=O) groups excluding carboxylic acids is 2. The maximum Gasteiger partial charge on any atom is 0.253 e. The van der Waals surface area contributed by atoms with E-state index >= 15 is 0 Å². The van der Waals surface area contributed by atoms with Crippen LogP contribution < -0.4 is 5.73 Å². The summed E-state index contributed by atoms with van der Waals surface area (Å²) in [6.07, 6.45) is 2.24. The van der Waals surface area contributed by atoms with E-state index in [0.29, 0.717) is 29.8 Å². The number of ketones is 1. The van der Waals surface area contributed by atoms with Gasteiger partial charge in [0, 0.05) is 35.6 Å². The Balaban J connectivity index is 1.58. The van der Waals surface area contributed by atoms with E-state index in [-0.39, 0.29) is 23.5 Å². The highest BCUT2D eigenvalue weighted by Crippen LogP contribution is 2.33. The van der Waals surface area contributed by atoms with Crippen LogP contribution in [0.4, 0.5) is 5.88 Å². The number of hydrogen-bond donors (Lipinski definition) is 1. The number of benzene rings is 2. The lowest BCUT2D eigenvalue weighted by Crippen LogP contribution is -2.44. The first-order valence-corrected chi connectivity index (χ1v) is 10.7. The van der Waals surface area contributed by atoms with E-state index < -0.39 is 5.41 Å². The fourth-order valence-corrected chi connectivity index (χ4v) is 3.79. The number of nitrogens with zero attached hydrogens (tertiary/aromatic N) is 3. The van der Waals surface area contributed by atoms with Crippen LogP contribution in [0.15, 0.2) is 70.2 Å². The quantitative estimate of drug-likeness (QED) is 0.371. The van der Waals surface area contributed by atoms with E-state index in [4.69, 9.17) is 10.3 Å². The van der Waals surface area contributed by atoms with Crippen LogP contribution in [0, 0.1) is 0 Å². The van der Waals surface area contributed by atoms with Gasteiger partial charge in [0.25, 0.3) is 5.88 Å². The number of amides is 1. The molecule has 164 valence electrons. The number of aliphatic imine (C=N–C) groups is 1. The molecule has 0 bridgehead atoms. The van der Waals surface area contributed by atoms with Crippen molar-refractivity contribution in [3.8, 4) is 0 Å². The van der Waals surface area contributed by atoms with Crippen molar-refractivity contribution < 1.29 is 14.1 Å². The molecule has 1 amide bonds. The number of rotatable bonds is 5. The molecular weight excluding hydrogens is 404 g/mol. The molecule has 0 atom stereocenters. The van der Waals surface area contributed by atoms with Crippen molar-refractivity contribution in [1.82, 2.24) is 10.1 Å². The first kappa shape index (κ1) is 21.5. The lowest BCUT2D eigenvalue weighted by molar-refractivity contribution is -0.129. The lowest BCUT2D eigenvalue weighted by atomic mass is 9.80. The zero-order chi connectivity index (χ0) is 22.7. The number of guanidine groups is 1. The molecule has 7 heteroatoms. The van der Waals surface area contributed by atoms with Crippen LogP contribution in [0.1, 0.15) is 60.3 Å². The van der Waals surface area contributed by atoms with Gasteiger partial charge in [0.2, 0.25) is 11.9 Å². The minimum absolute atomic E-state index is 0.0301. The predicted molar refractivity (Wildman–Crippen MR) is 122 cm³/mol. The van der Waals surface area contributed by atoms with Gasteiger partial charge < -0.3 is 10.3 Å². The summed E-state index contributed by atoms with van der Waals surface area (Å²) in [5.74, 6) is 0.288. The van der Waals surface area contributed by atoms with Crippen LogP contribution in [0.5, 0.6) is 0 Å². The third-order valence-corrected chi connectivity index (χ3v) is 5.85. The van der Waals surface area contributed by atoms with Gasteiger partial charge in [-0.15, -0.1) is 0 Å². The normalized spacial score (nSPS) is 15.1. The molecule has 0 radical (unpaired) electrons. The highest BCUT2D eigenvalue weighted by molar-refractivity contribution is 6.09. The minimum atomic E-state index is -0.542. The molecule has 1 fully saturated rings. The maximum absolute atomic E-state index is 12.9. The van der Waals surface area contributed by atoms with Gasteiger partial charge in [-0.2, -0.15) is 4.99 Å². The van der Waals surface area contributed by atoms with Crippen LogP contribution in [0.25, 0.3) is 0 Å². The molecule has 0 spiro atoms. The fourth-order valence-electron chi connectivity index (χ4n) is 3.79. The van der Waals surface area contributed by atoms with E-state index in [9.17, 15) is 9.59 Å². The number of carbonyl (C=O) groups is 2. The molecule has 4 rings (SSSR count). The average molecular weight is 431 g/mol. The summed E-state index contributed by atoms with van der Waals surface area (Å²) in [5, 5.41) is 4.19. The monoisotopic (exact) mass is 430 g/mol. The third-order valence-electron chi connectivity index (χ3n) is 5.85. The van der Waals surface area contributed by atoms with Crippen LogP contribution in [0.3, 0.4) is 0 Å². The van der Waals surface area contributed by atoms with Gasteiger partial charge in [-0.05, 0) is 24.5 Å². The average Bonchev–Trinajstić information content (AvgIpc) is 3.29. The Labute approximate surface area is 186 Å². The third kappa shape index (κ3) is 4.32. The van der Waals surface area contributed by atoms with Crippen LogP contribution >= 0.6 is 0 Å². The molecular formula is C25H26N4O3. The van der Waals surface area contributed by atoms with E-state index in [1.54, 1.807) is 18.2 Å². The van der Waals surface area contributed by atoms with E-state index in [0.717, 1.165) is 18.4 Å². The summed E-state index contributed by atoms with van der Waals surface area (Å²) < 4.78 is 5.39. The number of aromatic nitrogens is 1. The van der Waals surface area contributed by atoms with Crippen molar-refractivity contribution in [2.75, 3.05) is 6.54 Å². The number of hydrogen-bond acceptors (Lipinski definition) is 5. The Kier molecular flexibility index (Phi) is 5.90. The molecule has 2 aromatic carbocycles. The Hall–Kier alpha value is -3.74. The van der Waals surface area contributed by atoms with E-state index in [2.05, 4.69) is 10.1 Å². The summed E-state index contributed by atoms with van der Waals surface area (Å²) in [7, 11) is 0. The van der Waals surface area contributed by atoms with Crippen LogP contribution in [-0.4, -0.2) is 34.3 Å². The summed E-state index contributed by atoms with van der Waals surface area (Å²) in [5.41, 5.74) is 8.32. The van der Waals surface area contributed by atoms with Crippen molar-refractivity contribution in [2.24, 2.45) is 10.7 Å². The number of likely N-dealkylation sites (tertiary alicyclic amines) is 1. The Morgan fingerprint density at radius 2 is 1.81 bits per heavy atom. The van der Waals surface area contributed by atoms with Gasteiger partial charge >= 0.3 is 0 Å². The molecule has 0 unspecified atom stereocenters. The molecule has 1 aliphatic heterocycles. The summed E-state index contributed by atoms with van der Waals surface area (Å²) in [4.78, 5) is 30.7. The van der Waals surface area contributed by atoms with Crippen molar-refractivity contribution in [3.05, 3.63) is 83.0 Å². The summed E-state index contributed by atoms with van der Waals surface area (Å²) in [6, 6.07) is 18.4. The van der Waals surface area contributed by atoms with Crippen molar-refractivity contribution in [1.29, 1.82) is 0 Å². The highest BCUT2D eigenvalue weighted by atomic mass is 16.5. The maximum atomic E-state index is 12.9. The predicted octanol–water partition coefficient (Wildman–Crippen LogP) is 4.19. The second-order valence-corrected chi connectivity index (χ2v) is 8.42. The van der Waals surface area contributed by atoms with Crippen molar-refractivity contribution in [3.63, 3.8) is 0 Å². The first-order chi connectivity index (χ1) is 15.4. The minimum Gasteiger partial charge on any atom is -0.369 e. The van der Waals surface area contributed by atoms with Gasteiger partial charge in [0.05, 0.1) is 5.69 Å². The topological polar surface area (TPSA) is 102 Å². The number of nitrogens with two attached hydrogens (primary N) is 1. The summed E-state index contributed by atoms with van der Waals surface area (Å²) in [6.45, 7) is 4.56. The molecule has 32 heavy (non-hydrogen) atoms. The lowest BCUT2D eigenvalue weighted by Gasteiger charge is -2.25. The zero-order valence-electron chi connectivity index (χ0n) is 18.2. The van der Waals surface area contributed by atoms with Crippen LogP contribution in [0.2, 0.25) is 0 Å². The first-order valence-electron chi connectivity index (χ1n) is 10.7. The second kappa shape index (κ2) is 8.78. The van der Waals surface area contributed by atoms with Crippen molar-refractivity contribution >= 4 is 23.5 Å². The van der Waals surface area contributed by atoms with E-state index in [1.807, 2.05) is 56.3 Å². The SMILES string of the molecule is CC(C)(c1cccc(C(=O)c2ccccc2)c1)c1cc(/N=C(/N)N2CCCCC2=O)on1. The van der Waals surface area contributed by atoms with E-state index in [1.165, 1.54) is 4.90 Å². The van der Waals surface area contributed by atoms with Gasteiger partial charge in [-0.3, -0.25) is 14.5 Å².